The highest BCUT2D eigenvalue weighted by atomic mass is 16.3. The van der Waals surface area contributed by atoms with Gasteiger partial charge in [0.15, 0.2) is 0 Å². The molecule has 2 N–H and O–H groups in total. The van der Waals surface area contributed by atoms with E-state index in [4.69, 9.17) is 0 Å². The average Bonchev–Trinajstić information content (AvgIpc) is 3.12. The molecule has 0 radical (unpaired) electrons. The number of rotatable bonds is 4. The number of aromatic nitrogens is 5. The molecule has 0 bridgehead atoms. The summed E-state index contributed by atoms with van der Waals surface area (Å²) in [6.45, 7) is 1.80. The summed E-state index contributed by atoms with van der Waals surface area (Å²) in [5.41, 5.74) is 2.06. The molecule has 8 nitrogen and oxygen atoms in total. The van der Waals surface area contributed by atoms with Crippen LogP contribution in [-0.4, -0.2) is 41.3 Å². The first-order valence-corrected chi connectivity index (χ1v) is 8.30. The van der Waals surface area contributed by atoms with Crippen molar-refractivity contribution in [3.8, 4) is 0 Å². The van der Waals surface area contributed by atoms with E-state index in [1.54, 1.807) is 40.7 Å². The first-order chi connectivity index (χ1) is 12.0. The lowest BCUT2D eigenvalue weighted by molar-refractivity contribution is 0.0234. The molecule has 0 unspecified atom stereocenters. The van der Waals surface area contributed by atoms with Crippen molar-refractivity contribution < 1.29 is 9.90 Å². The minimum absolute atomic E-state index is 0.189. The molecule has 25 heavy (non-hydrogen) atoms. The van der Waals surface area contributed by atoms with E-state index in [1.165, 1.54) is 0 Å². The van der Waals surface area contributed by atoms with E-state index in [1.807, 2.05) is 13.2 Å². The van der Waals surface area contributed by atoms with Crippen LogP contribution in [0.4, 0.5) is 0 Å². The molecule has 4 rings (SSSR count). The zero-order chi connectivity index (χ0) is 17.6. The Morgan fingerprint density at radius 2 is 2.24 bits per heavy atom. The SMILES string of the molecule is Cc1nc2ncccn2c1C(=O)N[C@@H](c1cnn(C)c1)C1CC(O)C1. The number of amides is 1. The number of carbonyl (C=O) groups excluding carboxylic acids is 1. The lowest BCUT2D eigenvalue weighted by atomic mass is 9.75. The van der Waals surface area contributed by atoms with Crippen LogP contribution in [0.1, 0.15) is 40.6 Å². The number of carbonyl (C=O) groups is 1. The fraction of sp³-hybridized carbons (Fsp3) is 0.412. The van der Waals surface area contributed by atoms with Crippen molar-refractivity contribution in [2.75, 3.05) is 0 Å². The Hall–Kier alpha value is -2.74. The number of imidazole rings is 1. The Labute approximate surface area is 144 Å². The number of aliphatic hydroxyl groups excluding tert-OH is 1. The predicted octanol–water partition coefficient (Wildman–Crippen LogP) is 1.01. The minimum atomic E-state index is -0.289. The van der Waals surface area contributed by atoms with Gasteiger partial charge in [0.05, 0.1) is 24.0 Å². The quantitative estimate of drug-likeness (QED) is 0.739. The summed E-state index contributed by atoms with van der Waals surface area (Å²) in [4.78, 5) is 21.5. The third-order valence-electron chi connectivity index (χ3n) is 4.78. The smallest absolute Gasteiger partial charge is 0.270 e. The van der Waals surface area contributed by atoms with E-state index in [9.17, 15) is 9.90 Å². The van der Waals surface area contributed by atoms with Crippen LogP contribution in [0.15, 0.2) is 30.9 Å². The number of fused-ring (bicyclic) bond motifs is 1. The van der Waals surface area contributed by atoms with E-state index in [0.29, 0.717) is 30.0 Å². The van der Waals surface area contributed by atoms with Crippen LogP contribution < -0.4 is 5.32 Å². The van der Waals surface area contributed by atoms with Gasteiger partial charge in [-0.25, -0.2) is 9.97 Å². The van der Waals surface area contributed by atoms with Crippen LogP contribution in [-0.2, 0) is 7.05 Å². The summed E-state index contributed by atoms with van der Waals surface area (Å²) < 4.78 is 3.41. The molecule has 0 spiro atoms. The topological polar surface area (TPSA) is 97.3 Å². The number of nitrogens with one attached hydrogen (secondary N) is 1. The molecule has 1 saturated carbocycles. The number of hydrogen-bond acceptors (Lipinski definition) is 5. The summed E-state index contributed by atoms with van der Waals surface area (Å²) in [5.74, 6) is 0.496. The second-order valence-corrected chi connectivity index (χ2v) is 6.62. The standard InChI is InChI=1S/C17H20N6O2/c1-10-15(23-5-3-4-18-17(23)20-10)16(25)21-14(11-6-13(24)7-11)12-8-19-22(2)9-12/h3-5,8-9,11,13-14,24H,6-7H2,1-2H3,(H,21,25)/t11?,13?,14-/m1/s1. The van der Waals surface area contributed by atoms with Gasteiger partial charge in [0.1, 0.15) is 5.69 Å². The largest absolute Gasteiger partial charge is 0.393 e. The minimum Gasteiger partial charge on any atom is -0.393 e. The molecular formula is C17H20N6O2. The fourth-order valence-electron chi connectivity index (χ4n) is 3.46. The van der Waals surface area contributed by atoms with Gasteiger partial charge in [-0.2, -0.15) is 5.10 Å². The van der Waals surface area contributed by atoms with Gasteiger partial charge in [0.2, 0.25) is 5.78 Å². The van der Waals surface area contributed by atoms with Crippen LogP contribution in [0.25, 0.3) is 5.78 Å². The first-order valence-electron chi connectivity index (χ1n) is 8.30. The normalized spacial score (nSPS) is 21.1. The Kier molecular flexibility index (Phi) is 3.76. The number of hydrogen-bond donors (Lipinski definition) is 2. The van der Waals surface area contributed by atoms with Crippen molar-refractivity contribution in [1.82, 2.24) is 29.5 Å². The maximum absolute atomic E-state index is 13.0. The van der Waals surface area contributed by atoms with Gasteiger partial charge < -0.3 is 10.4 Å². The molecule has 1 fully saturated rings. The summed E-state index contributed by atoms with van der Waals surface area (Å²) in [5, 5.41) is 17.0. The van der Waals surface area contributed by atoms with E-state index in [0.717, 1.165) is 5.56 Å². The van der Waals surface area contributed by atoms with Crippen LogP contribution >= 0.6 is 0 Å². The fourth-order valence-corrected chi connectivity index (χ4v) is 3.46. The van der Waals surface area contributed by atoms with Crippen LogP contribution in [0.2, 0.25) is 0 Å². The van der Waals surface area contributed by atoms with E-state index in [2.05, 4.69) is 20.4 Å². The third-order valence-corrected chi connectivity index (χ3v) is 4.78. The highest BCUT2D eigenvalue weighted by Gasteiger charge is 2.37. The third kappa shape index (κ3) is 2.78. The second-order valence-electron chi connectivity index (χ2n) is 6.62. The van der Waals surface area contributed by atoms with Gasteiger partial charge in [0.25, 0.3) is 5.91 Å². The molecule has 130 valence electrons. The lowest BCUT2D eigenvalue weighted by Crippen LogP contribution is -2.41. The van der Waals surface area contributed by atoms with E-state index >= 15 is 0 Å². The highest BCUT2D eigenvalue weighted by molar-refractivity contribution is 5.94. The number of aliphatic hydroxyl groups is 1. The first kappa shape index (κ1) is 15.8. The second kappa shape index (κ2) is 5.96. The zero-order valence-electron chi connectivity index (χ0n) is 14.1. The number of aryl methyl sites for hydroxylation is 2. The summed E-state index contributed by atoms with van der Waals surface area (Å²) in [6.07, 6.45) is 8.15. The van der Waals surface area contributed by atoms with Crippen molar-refractivity contribution in [3.63, 3.8) is 0 Å². The molecule has 3 aromatic rings. The van der Waals surface area contributed by atoms with E-state index < -0.39 is 0 Å². The van der Waals surface area contributed by atoms with Crippen LogP contribution in [0.5, 0.6) is 0 Å². The van der Waals surface area contributed by atoms with Gasteiger partial charge in [-0.05, 0) is 31.7 Å². The Balaban J connectivity index is 1.65. The van der Waals surface area contributed by atoms with Gasteiger partial charge in [-0.15, -0.1) is 0 Å². The maximum atomic E-state index is 13.0. The van der Waals surface area contributed by atoms with Crippen LogP contribution in [0, 0.1) is 12.8 Å². The van der Waals surface area contributed by atoms with Crippen LogP contribution in [0.3, 0.4) is 0 Å². The molecule has 8 heteroatoms. The zero-order valence-corrected chi connectivity index (χ0v) is 14.1. The average molecular weight is 340 g/mol. The summed E-state index contributed by atoms with van der Waals surface area (Å²) in [7, 11) is 1.85. The van der Waals surface area contributed by atoms with Crippen molar-refractivity contribution in [2.24, 2.45) is 13.0 Å². The lowest BCUT2D eigenvalue weighted by Gasteiger charge is -2.37. The molecule has 1 aliphatic rings. The van der Waals surface area contributed by atoms with E-state index in [-0.39, 0.29) is 24.0 Å². The summed E-state index contributed by atoms with van der Waals surface area (Å²) >= 11 is 0. The molecule has 0 saturated heterocycles. The van der Waals surface area contributed by atoms with Gasteiger partial charge in [-0.3, -0.25) is 13.9 Å². The predicted molar refractivity (Wildman–Crippen MR) is 89.9 cm³/mol. The maximum Gasteiger partial charge on any atom is 0.270 e. The van der Waals surface area contributed by atoms with Gasteiger partial charge in [0, 0.05) is 31.2 Å². The molecule has 1 atom stereocenters. The molecule has 0 aromatic carbocycles. The molecule has 3 aromatic heterocycles. The van der Waals surface area contributed by atoms with Crippen molar-refractivity contribution >= 4 is 11.7 Å². The van der Waals surface area contributed by atoms with Gasteiger partial charge in [-0.1, -0.05) is 0 Å². The molecule has 3 heterocycles. The molecule has 0 aliphatic heterocycles. The summed E-state index contributed by atoms with van der Waals surface area (Å²) in [6, 6.07) is 1.58. The molecule has 1 amide bonds. The Morgan fingerprint density at radius 1 is 1.44 bits per heavy atom. The highest BCUT2D eigenvalue weighted by Crippen LogP contribution is 2.38. The Morgan fingerprint density at radius 3 is 2.92 bits per heavy atom. The van der Waals surface area contributed by atoms with Crippen molar-refractivity contribution in [3.05, 3.63) is 47.8 Å². The monoisotopic (exact) mass is 340 g/mol. The van der Waals surface area contributed by atoms with Gasteiger partial charge >= 0.3 is 0 Å². The Bertz CT molecular complexity index is 924. The van der Waals surface area contributed by atoms with Crippen molar-refractivity contribution in [2.45, 2.75) is 31.9 Å². The van der Waals surface area contributed by atoms with Crippen molar-refractivity contribution in [1.29, 1.82) is 0 Å². The molecule has 1 aliphatic carbocycles. The number of nitrogens with zero attached hydrogens (tertiary/aromatic N) is 5. The molecular weight excluding hydrogens is 320 g/mol.